The molecular weight excluding hydrogens is 190 g/mol. The zero-order valence-corrected chi connectivity index (χ0v) is 9.10. The van der Waals surface area contributed by atoms with Crippen molar-refractivity contribution in [1.82, 2.24) is 10.3 Å². The molecule has 1 aromatic rings. The van der Waals surface area contributed by atoms with Crippen LogP contribution in [0, 0.1) is 5.92 Å². The van der Waals surface area contributed by atoms with Gasteiger partial charge in [0.05, 0.1) is 0 Å². The lowest BCUT2D eigenvalue weighted by Crippen LogP contribution is -2.43. The van der Waals surface area contributed by atoms with Crippen LogP contribution in [0.25, 0.3) is 0 Å². The van der Waals surface area contributed by atoms with Crippen molar-refractivity contribution >= 4 is 5.91 Å². The van der Waals surface area contributed by atoms with E-state index in [2.05, 4.69) is 10.3 Å². The first kappa shape index (κ1) is 11.7. The molecule has 1 rings (SSSR count). The van der Waals surface area contributed by atoms with Gasteiger partial charge in [-0.05, 0) is 18.1 Å². The number of nitrogens with one attached hydrogen (secondary N) is 1. The minimum atomic E-state index is -0.167. The average Bonchev–Trinajstić information content (AvgIpc) is 2.26. The predicted octanol–water partition coefficient (Wildman–Crippen LogP) is 0.795. The van der Waals surface area contributed by atoms with Crippen LogP contribution in [0.5, 0.6) is 0 Å². The van der Waals surface area contributed by atoms with Crippen molar-refractivity contribution in [2.24, 2.45) is 11.7 Å². The fourth-order valence-corrected chi connectivity index (χ4v) is 1.24. The summed E-state index contributed by atoms with van der Waals surface area (Å²) < 4.78 is 0. The van der Waals surface area contributed by atoms with Gasteiger partial charge in [0, 0.05) is 18.8 Å². The monoisotopic (exact) mass is 207 g/mol. The Morgan fingerprint density at radius 2 is 2.27 bits per heavy atom. The van der Waals surface area contributed by atoms with Gasteiger partial charge in [-0.15, -0.1) is 0 Å². The van der Waals surface area contributed by atoms with E-state index in [1.54, 1.807) is 24.4 Å². The van der Waals surface area contributed by atoms with E-state index in [9.17, 15) is 4.79 Å². The maximum atomic E-state index is 11.7. The van der Waals surface area contributed by atoms with Gasteiger partial charge in [0.2, 0.25) is 0 Å². The highest BCUT2D eigenvalue weighted by Gasteiger charge is 2.15. The Balaban J connectivity index is 2.63. The topological polar surface area (TPSA) is 68.0 Å². The van der Waals surface area contributed by atoms with Crippen molar-refractivity contribution in [3.63, 3.8) is 0 Å². The van der Waals surface area contributed by atoms with Crippen molar-refractivity contribution in [3.05, 3.63) is 30.1 Å². The second-order valence-corrected chi connectivity index (χ2v) is 3.77. The molecule has 15 heavy (non-hydrogen) atoms. The van der Waals surface area contributed by atoms with Crippen LogP contribution in [-0.2, 0) is 0 Å². The van der Waals surface area contributed by atoms with Crippen molar-refractivity contribution < 1.29 is 4.79 Å². The molecule has 0 radical (unpaired) electrons. The van der Waals surface area contributed by atoms with Crippen molar-refractivity contribution in [3.8, 4) is 0 Å². The van der Waals surface area contributed by atoms with Gasteiger partial charge in [0.25, 0.3) is 5.91 Å². The van der Waals surface area contributed by atoms with Crippen LogP contribution in [0.1, 0.15) is 24.3 Å². The van der Waals surface area contributed by atoms with Crippen LogP contribution in [-0.4, -0.2) is 23.5 Å². The molecule has 1 atom stereocenters. The first-order chi connectivity index (χ1) is 7.15. The van der Waals surface area contributed by atoms with Crippen LogP contribution in [0.4, 0.5) is 0 Å². The molecule has 1 amide bonds. The number of pyridine rings is 1. The van der Waals surface area contributed by atoms with Crippen LogP contribution in [0.3, 0.4) is 0 Å². The number of hydrogen-bond acceptors (Lipinski definition) is 3. The summed E-state index contributed by atoms with van der Waals surface area (Å²) in [6.45, 7) is 4.49. The molecule has 0 aliphatic heterocycles. The highest BCUT2D eigenvalue weighted by molar-refractivity contribution is 5.92. The molecule has 82 valence electrons. The minimum absolute atomic E-state index is 0.000457. The summed E-state index contributed by atoms with van der Waals surface area (Å²) in [6.07, 6.45) is 1.60. The molecule has 1 aromatic heterocycles. The number of aromatic nitrogens is 1. The largest absolute Gasteiger partial charge is 0.346 e. The van der Waals surface area contributed by atoms with Crippen molar-refractivity contribution in [1.29, 1.82) is 0 Å². The Kier molecular flexibility index (Phi) is 4.24. The standard InChI is InChI=1S/C11H17N3O/c1-8(2)10(7-12)14-11(15)9-5-3-4-6-13-9/h3-6,8,10H,7,12H2,1-2H3,(H,14,15). The number of hydrogen-bond donors (Lipinski definition) is 2. The quantitative estimate of drug-likeness (QED) is 0.767. The molecule has 1 heterocycles. The van der Waals surface area contributed by atoms with Gasteiger partial charge < -0.3 is 11.1 Å². The number of carbonyl (C=O) groups is 1. The fourth-order valence-electron chi connectivity index (χ4n) is 1.24. The van der Waals surface area contributed by atoms with Crippen LogP contribution >= 0.6 is 0 Å². The zero-order valence-electron chi connectivity index (χ0n) is 9.10. The van der Waals surface area contributed by atoms with Gasteiger partial charge in [-0.25, -0.2) is 0 Å². The molecule has 3 N–H and O–H groups in total. The molecule has 0 saturated heterocycles. The molecular formula is C11H17N3O. The summed E-state index contributed by atoms with van der Waals surface area (Å²) in [4.78, 5) is 15.7. The van der Waals surface area contributed by atoms with Gasteiger partial charge in [-0.3, -0.25) is 9.78 Å². The maximum Gasteiger partial charge on any atom is 0.270 e. The van der Waals surface area contributed by atoms with E-state index in [4.69, 9.17) is 5.73 Å². The highest BCUT2D eigenvalue weighted by atomic mass is 16.1. The number of nitrogens with zero attached hydrogens (tertiary/aromatic N) is 1. The van der Waals surface area contributed by atoms with E-state index in [0.717, 1.165) is 0 Å². The Bertz CT molecular complexity index is 311. The first-order valence-corrected chi connectivity index (χ1v) is 5.07. The van der Waals surface area contributed by atoms with E-state index in [1.165, 1.54) is 0 Å². The number of nitrogens with two attached hydrogens (primary N) is 1. The van der Waals surface area contributed by atoms with Gasteiger partial charge in [-0.1, -0.05) is 19.9 Å². The predicted molar refractivity (Wildman–Crippen MR) is 59.4 cm³/mol. The molecule has 0 saturated carbocycles. The molecule has 1 unspecified atom stereocenters. The second-order valence-electron chi connectivity index (χ2n) is 3.77. The SMILES string of the molecule is CC(C)C(CN)NC(=O)c1ccccn1. The van der Waals surface area contributed by atoms with Gasteiger partial charge >= 0.3 is 0 Å². The summed E-state index contributed by atoms with van der Waals surface area (Å²) in [7, 11) is 0. The third-order valence-corrected chi connectivity index (χ3v) is 2.27. The maximum absolute atomic E-state index is 11.7. The van der Waals surface area contributed by atoms with Crippen LogP contribution in [0.15, 0.2) is 24.4 Å². The molecule has 0 spiro atoms. The molecule has 0 aliphatic carbocycles. The summed E-state index contributed by atoms with van der Waals surface area (Å²) in [5.41, 5.74) is 5.99. The summed E-state index contributed by atoms with van der Waals surface area (Å²) >= 11 is 0. The number of amides is 1. The molecule has 0 aliphatic rings. The highest BCUT2D eigenvalue weighted by Crippen LogP contribution is 2.01. The van der Waals surface area contributed by atoms with Crippen molar-refractivity contribution in [2.75, 3.05) is 6.54 Å². The number of rotatable bonds is 4. The third-order valence-electron chi connectivity index (χ3n) is 2.27. The third kappa shape index (κ3) is 3.32. The van der Waals surface area contributed by atoms with E-state index in [0.29, 0.717) is 18.2 Å². The lowest BCUT2D eigenvalue weighted by Gasteiger charge is -2.20. The van der Waals surface area contributed by atoms with Crippen LogP contribution < -0.4 is 11.1 Å². The van der Waals surface area contributed by atoms with E-state index >= 15 is 0 Å². The van der Waals surface area contributed by atoms with Gasteiger partial charge in [0.1, 0.15) is 5.69 Å². The molecule has 4 heteroatoms. The summed E-state index contributed by atoms with van der Waals surface area (Å²) in [5.74, 6) is 0.155. The Morgan fingerprint density at radius 3 is 2.73 bits per heavy atom. The lowest BCUT2D eigenvalue weighted by atomic mass is 10.0. The smallest absolute Gasteiger partial charge is 0.270 e. The minimum Gasteiger partial charge on any atom is -0.346 e. The Hall–Kier alpha value is -1.42. The molecule has 0 bridgehead atoms. The molecule has 0 aromatic carbocycles. The van der Waals surface area contributed by atoms with E-state index in [1.807, 2.05) is 13.8 Å². The summed E-state index contributed by atoms with van der Waals surface area (Å²) in [5, 5.41) is 2.86. The van der Waals surface area contributed by atoms with E-state index in [-0.39, 0.29) is 11.9 Å². The fraction of sp³-hybridized carbons (Fsp3) is 0.455. The average molecular weight is 207 g/mol. The Labute approximate surface area is 89.9 Å². The van der Waals surface area contributed by atoms with Gasteiger partial charge in [0.15, 0.2) is 0 Å². The zero-order chi connectivity index (χ0) is 11.3. The number of carbonyl (C=O) groups excluding carboxylic acids is 1. The first-order valence-electron chi connectivity index (χ1n) is 5.07. The lowest BCUT2D eigenvalue weighted by molar-refractivity contribution is 0.0922. The Morgan fingerprint density at radius 1 is 1.53 bits per heavy atom. The summed E-state index contributed by atoms with van der Waals surface area (Å²) in [6, 6.07) is 5.25. The molecule has 4 nitrogen and oxygen atoms in total. The van der Waals surface area contributed by atoms with E-state index < -0.39 is 0 Å². The van der Waals surface area contributed by atoms with Crippen molar-refractivity contribution in [2.45, 2.75) is 19.9 Å². The molecule has 0 fully saturated rings. The normalized spacial score (nSPS) is 12.5. The van der Waals surface area contributed by atoms with Crippen LogP contribution in [0.2, 0.25) is 0 Å². The second kappa shape index (κ2) is 5.46. The van der Waals surface area contributed by atoms with Gasteiger partial charge in [-0.2, -0.15) is 0 Å².